The number of carbonyl (C=O) groups excluding carboxylic acids is 2. The van der Waals surface area contributed by atoms with E-state index in [1.54, 1.807) is 0 Å². The van der Waals surface area contributed by atoms with E-state index in [0.717, 1.165) is 51.4 Å². The quantitative estimate of drug-likeness (QED) is 0.0320. The summed E-state index contributed by atoms with van der Waals surface area (Å²) < 4.78 is 5.48. The first-order valence-electron chi connectivity index (χ1n) is 33.2. The maximum atomic E-state index is 12.5. The lowest BCUT2D eigenvalue weighted by atomic mass is 10.0. The molecular formula is C68H129NO5. The normalized spacial score (nSPS) is 12.8. The van der Waals surface area contributed by atoms with Gasteiger partial charge in [0.15, 0.2) is 0 Å². The summed E-state index contributed by atoms with van der Waals surface area (Å²) in [6, 6.07) is -0.540. The van der Waals surface area contributed by atoms with Crippen molar-refractivity contribution >= 4 is 11.9 Å². The Hall–Kier alpha value is -1.92. The maximum absolute atomic E-state index is 12.5. The topological polar surface area (TPSA) is 95.9 Å². The Morgan fingerprint density at radius 1 is 0.378 bits per heavy atom. The largest absolute Gasteiger partial charge is 0.466 e. The summed E-state index contributed by atoms with van der Waals surface area (Å²) in [4.78, 5) is 24.5. The first-order chi connectivity index (χ1) is 36.5. The second-order valence-electron chi connectivity index (χ2n) is 22.8. The van der Waals surface area contributed by atoms with Gasteiger partial charge in [0.05, 0.1) is 25.4 Å². The van der Waals surface area contributed by atoms with Crippen molar-refractivity contribution in [2.75, 3.05) is 13.2 Å². The summed E-state index contributed by atoms with van der Waals surface area (Å²) in [5.41, 5.74) is 0. The molecule has 0 aliphatic rings. The minimum Gasteiger partial charge on any atom is -0.466 e. The molecule has 0 rings (SSSR count). The molecule has 2 atom stereocenters. The Labute approximate surface area is 462 Å². The number of nitrogens with one attached hydrogen (secondary N) is 1. The zero-order valence-corrected chi connectivity index (χ0v) is 49.8. The third-order valence-corrected chi connectivity index (χ3v) is 15.4. The van der Waals surface area contributed by atoms with Crippen LogP contribution in [0.2, 0.25) is 0 Å². The Bertz CT molecular complexity index is 1200. The number of allylic oxidation sites excluding steroid dienone is 6. The van der Waals surface area contributed by atoms with Gasteiger partial charge in [0.25, 0.3) is 0 Å². The van der Waals surface area contributed by atoms with E-state index in [-0.39, 0.29) is 18.5 Å². The highest BCUT2D eigenvalue weighted by molar-refractivity contribution is 5.76. The van der Waals surface area contributed by atoms with Gasteiger partial charge in [-0.2, -0.15) is 0 Å². The molecular weight excluding hydrogens is 911 g/mol. The SMILES string of the molecule is CCCC/C=C\C/C=C\CCCCCCCC(=O)OCCCCCCCCCCCCCC/C=C\CCCCCCCCCCCCCCCCC(=O)NC(CO)C(O)CCCCCCCCCCCCCCC. The van der Waals surface area contributed by atoms with Crippen LogP contribution in [0.5, 0.6) is 0 Å². The van der Waals surface area contributed by atoms with Gasteiger partial charge in [-0.05, 0) is 77.0 Å². The van der Waals surface area contributed by atoms with Gasteiger partial charge in [-0.3, -0.25) is 9.59 Å². The highest BCUT2D eigenvalue weighted by Gasteiger charge is 2.20. The van der Waals surface area contributed by atoms with Crippen molar-refractivity contribution in [2.24, 2.45) is 0 Å². The molecule has 0 spiro atoms. The molecule has 0 aliphatic carbocycles. The van der Waals surface area contributed by atoms with Crippen LogP contribution in [0.1, 0.15) is 361 Å². The number of carbonyl (C=O) groups is 2. The van der Waals surface area contributed by atoms with E-state index in [2.05, 4.69) is 55.6 Å². The molecule has 1 amide bonds. The fraction of sp³-hybridized carbons (Fsp3) is 0.882. The fourth-order valence-electron chi connectivity index (χ4n) is 10.3. The molecule has 0 heterocycles. The lowest BCUT2D eigenvalue weighted by Gasteiger charge is -2.22. The molecule has 0 aromatic rings. The smallest absolute Gasteiger partial charge is 0.305 e. The van der Waals surface area contributed by atoms with E-state index in [1.165, 1.54) is 276 Å². The maximum Gasteiger partial charge on any atom is 0.305 e. The predicted octanol–water partition coefficient (Wildman–Crippen LogP) is 21.1. The molecule has 0 radical (unpaired) electrons. The number of rotatable bonds is 62. The molecule has 6 heteroatoms. The zero-order valence-electron chi connectivity index (χ0n) is 49.8. The molecule has 0 saturated heterocycles. The number of amides is 1. The van der Waals surface area contributed by atoms with Gasteiger partial charge in [0.1, 0.15) is 0 Å². The van der Waals surface area contributed by atoms with Crippen molar-refractivity contribution < 1.29 is 24.5 Å². The van der Waals surface area contributed by atoms with Crippen molar-refractivity contribution in [3.8, 4) is 0 Å². The Morgan fingerprint density at radius 3 is 1.08 bits per heavy atom. The van der Waals surface area contributed by atoms with Crippen LogP contribution in [0.15, 0.2) is 36.5 Å². The average molecular weight is 1040 g/mol. The Morgan fingerprint density at radius 2 is 0.689 bits per heavy atom. The molecule has 2 unspecified atom stereocenters. The highest BCUT2D eigenvalue weighted by Crippen LogP contribution is 2.18. The second-order valence-corrected chi connectivity index (χ2v) is 22.8. The lowest BCUT2D eigenvalue weighted by molar-refractivity contribution is -0.143. The van der Waals surface area contributed by atoms with Crippen LogP contribution in [0.25, 0.3) is 0 Å². The van der Waals surface area contributed by atoms with Crippen molar-refractivity contribution in [1.82, 2.24) is 5.32 Å². The van der Waals surface area contributed by atoms with Crippen LogP contribution in [0.4, 0.5) is 0 Å². The van der Waals surface area contributed by atoms with Crippen LogP contribution in [0.3, 0.4) is 0 Å². The predicted molar refractivity (Wildman–Crippen MR) is 324 cm³/mol. The van der Waals surface area contributed by atoms with E-state index < -0.39 is 12.1 Å². The Kier molecular flexibility index (Phi) is 62.0. The van der Waals surface area contributed by atoms with Gasteiger partial charge < -0.3 is 20.3 Å². The van der Waals surface area contributed by atoms with Crippen LogP contribution in [-0.2, 0) is 14.3 Å². The van der Waals surface area contributed by atoms with Gasteiger partial charge in [0.2, 0.25) is 5.91 Å². The van der Waals surface area contributed by atoms with E-state index in [4.69, 9.17) is 4.74 Å². The summed E-state index contributed by atoms with van der Waals surface area (Å²) in [5.74, 6) is -0.0297. The zero-order chi connectivity index (χ0) is 53.6. The molecule has 0 saturated carbocycles. The van der Waals surface area contributed by atoms with Crippen LogP contribution >= 0.6 is 0 Å². The fourth-order valence-corrected chi connectivity index (χ4v) is 10.3. The van der Waals surface area contributed by atoms with Crippen molar-refractivity contribution in [3.05, 3.63) is 36.5 Å². The first kappa shape index (κ1) is 72.1. The summed E-state index contributed by atoms with van der Waals surface area (Å²) in [6.07, 6.45) is 80.4. The molecule has 3 N–H and O–H groups in total. The summed E-state index contributed by atoms with van der Waals surface area (Å²) >= 11 is 0. The van der Waals surface area contributed by atoms with Crippen LogP contribution in [0, 0.1) is 0 Å². The monoisotopic (exact) mass is 1040 g/mol. The first-order valence-corrected chi connectivity index (χ1v) is 33.2. The number of esters is 1. The van der Waals surface area contributed by atoms with Gasteiger partial charge in [0, 0.05) is 12.8 Å². The van der Waals surface area contributed by atoms with Crippen molar-refractivity contribution in [3.63, 3.8) is 0 Å². The van der Waals surface area contributed by atoms with E-state index >= 15 is 0 Å². The standard InChI is InChI=1S/C68H129NO5/c1-3-5-7-9-11-13-15-17-38-42-46-50-54-58-62-68(73)74-63-59-55-51-47-43-39-35-33-31-29-27-25-23-21-19-18-20-22-24-26-28-30-32-34-37-41-45-49-53-57-61-67(72)69-65(64-70)66(71)60-56-52-48-44-40-36-16-14-12-10-8-6-4-2/h9,11,15,17,19,21,65-66,70-71H,3-8,10,12-14,16,18,20,22-64H2,1-2H3,(H,69,72)/b11-9-,17-15-,21-19-. The summed E-state index contributed by atoms with van der Waals surface area (Å²) in [5, 5.41) is 23.3. The lowest BCUT2D eigenvalue weighted by Crippen LogP contribution is -2.45. The molecule has 0 aromatic carbocycles. The number of ether oxygens (including phenoxy) is 1. The third kappa shape index (κ3) is 59.3. The minimum absolute atomic E-state index is 0.00252. The van der Waals surface area contributed by atoms with Gasteiger partial charge in [-0.15, -0.1) is 0 Å². The number of hydrogen-bond acceptors (Lipinski definition) is 5. The van der Waals surface area contributed by atoms with Crippen LogP contribution < -0.4 is 5.32 Å². The molecule has 6 nitrogen and oxygen atoms in total. The van der Waals surface area contributed by atoms with Gasteiger partial charge >= 0.3 is 5.97 Å². The molecule has 0 aliphatic heterocycles. The van der Waals surface area contributed by atoms with Gasteiger partial charge in [-0.1, -0.05) is 307 Å². The van der Waals surface area contributed by atoms with E-state index in [9.17, 15) is 19.8 Å². The van der Waals surface area contributed by atoms with Crippen LogP contribution in [-0.4, -0.2) is 47.4 Å². The number of aliphatic hydroxyl groups excluding tert-OH is 2. The molecule has 436 valence electrons. The van der Waals surface area contributed by atoms with Crippen molar-refractivity contribution in [2.45, 2.75) is 373 Å². The van der Waals surface area contributed by atoms with E-state index in [0.29, 0.717) is 25.9 Å². The average Bonchev–Trinajstić information content (AvgIpc) is 3.40. The summed E-state index contributed by atoms with van der Waals surface area (Å²) in [7, 11) is 0. The highest BCUT2D eigenvalue weighted by atomic mass is 16.5. The van der Waals surface area contributed by atoms with Crippen molar-refractivity contribution in [1.29, 1.82) is 0 Å². The third-order valence-electron chi connectivity index (χ3n) is 15.4. The summed E-state index contributed by atoms with van der Waals surface area (Å²) in [6.45, 7) is 4.92. The molecule has 0 bridgehead atoms. The molecule has 0 aromatic heterocycles. The molecule has 74 heavy (non-hydrogen) atoms. The number of unbranched alkanes of at least 4 members (excludes halogenated alkanes) is 45. The number of hydrogen-bond donors (Lipinski definition) is 3. The minimum atomic E-state index is -0.662. The van der Waals surface area contributed by atoms with E-state index in [1.807, 2.05) is 0 Å². The molecule has 0 fully saturated rings. The second kappa shape index (κ2) is 63.6. The Balaban J connectivity index is 3.36. The van der Waals surface area contributed by atoms with Gasteiger partial charge in [-0.25, -0.2) is 0 Å². The number of aliphatic hydroxyl groups is 2.